The molecule has 256 valence electrons. The predicted octanol–water partition coefficient (Wildman–Crippen LogP) is 5.68. The first-order valence-electron chi connectivity index (χ1n) is 16.5. The van der Waals surface area contributed by atoms with Crippen LogP contribution in [0.5, 0.6) is 11.5 Å². The van der Waals surface area contributed by atoms with Crippen molar-refractivity contribution in [1.82, 2.24) is 14.5 Å². The van der Waals surface area contributed by atoms with Gasteiger partial charge in [0.25, 0.3) is 11.8 Å². The summed E-state index contributed by atoms with van der Waals surface area (Å²) in [5.41, 5.74) is 3.49. The molecule has 2 amide bonds. The fourth-order valence-electron chi connectivity index (χ4n) is 6.81. The van der Waals surface area contributed by atoms with Gasteiger partial charge < -0.3 is 14.4 Å². The lowest BCUT2D eigenvalue weighted by atomic mass is 9.99. The summed E-state index contributed by atoms with van der Waals surface area (Å²) in [7, 11) is -0.638. The number of amides is 2. The summed E-state index contributed by atoms with van der Waals surface area (Å²) < 4.78 is 39.4. The molecule has 0 radical (unpaired) electrons. The molecule has 4 aromatic rings. The highest BCUT2D eigenvalue weighted by Crippen LogP contribution is 2.40. The molecule has 11 heteroatoms. The molecule has 10 nitrogen and oxygen atoms in total. The fourth-order valence-corrected chi connectivity index (χ4v) is 7.91. The van der Waals surface area contributed by atoms with Gasteiger partial charge in [-0.15, -0.1) is 0 Å². The van der Waals surface area contributed by atoms with E-state index in [9.17, 15) is 18.0 Å². The largest absolute Gasteiger partial charge is 0.493 e. The summed E-state index contributed by atoms with van der Waals surface area (Å²) in [6, 6.07) is 29.0. The van der Waals surface area contributed by atoms with Gasteiger partial charge in [-0.3, -0.25) is 19.4 Å². The molecule has 1 saturated heterocycles. The lowest BCUT2D eigenvalue weighted by Gasteiger charge is -2.39. The number of anilines is 1. The van der Waals surface area contributed by atoms with Crippen molar-refractivity contribution < 1.29 is 27.5 Å². The van der Waals surface area contributed by atoms with Crippen molar-refractivity contribution >= 4 is 27.5 Å². The highest BCUT2D eigenvalue weighted by atomic mass is 32.2. The SMILES string of the molecule is COc1ccc(C(CCCNS(=O)(=O)c2ccccc2)N2C(=O)c3cccc(N4CCN([C@H](C)c5ccccc5)CC4)c3C2=O)cc1OC. The van der Waals surface area contributed by atoms with E-state index in [0.29, 0.717) is 41.0 Å². The minimum absolute atomic E-state index is 0.126. The van der Waals surface area contributed by atoms with E-state index >= 15 is 0 Å². The van der Waals surface area contributed by atoms with E-state index in [1.807, 2.05) is 24.3 Å². The van der Waals surface area contributed by atoms with Crippen LogP contribution in [0.15, 0.2) is 102 Å². The number of ether oxygens (including phenoxy) is 2. The van der Waals surface area contributed by atoms with Crippen LogP contribution in [0.25, 0.3) is 0 Å². The summed E-state index contributed by atoms with van der Waals surface area (Å²) in [6.07, 6.45) is 0.691. The summed E-state index contributed by atoms with van der Waals surface area (Å²) in [5.74, 6) is 0.254. The number of hydrogen-bond acceptors (Lipinski definition) is 8. The fraction of sp³-hybridized carbons (Fsp3) is 0.316. The molecule has 49 heavy (non-hydrogen) atoms. The first-order valence-corrected chi connectivity index (χ1v) is 18.0. The number of carbonyl (C=O) groups excluding carboxylic acids is 2. The van der Waals surface area contributed by atoms with Crippen molar-refractivity contribution in [3.8, 4) is 11.5 Å². The number of fused-ring (bicyclic) bond motifs is 1. The van der Waals surface area contributed by atoms with Gasteiger partial charge in [-0.1, -0.05) is 60.7 Å². The Morgan fingerprint density at radius 3 is 2.10 bits per heavy atom. The molecule has 1 N–H and O–H groups in total. The molecule has 2 aliphatic heterocycles. The van der Waals surface area contributed by atoms with E-state index in [1.165, 1.54) is 29.7 Å². The van der Waals surface area contributed by atoms with Crippen molar-refractivity contribution in [2.24, 2.45) is 0 Å². The molecular formula is C38H42N4O6S. The zero-order valence-electron chi connectivity index (χ0n) is 28.0. The molecule has 0 aliphatic carbocycles. The Morgan fingerprint density at radius 1 is 0.755 bits per heavy atom. The van der Waals surface area contributed by atoms with Crippen LogP contribution in [-0.2, 0) is 10.0 Å². The van der Waals surface area contributed by atoms with Crippen LogP contribution in [0, 0.1) is 0 Å². The molecule has 2 atom stereocenters. The van der Waals surface area contributed by atoms with Crippen molar-refractivity contribution in [3.63, 3.8) is 0 Å². The normalized spacial score (nSPS) is 16.4. The molecule has 0 bridgehead atoms. The van der Waals surface area contributed by atoms with Crippen LogP contribution in [0.1, 0.15) is 63.7 Å². The first kappa shape index (κ1) is 34.2. The zero-order chi connectivity index (χ0) is 34.5. The maximum atomic E-state index is 14.4. The quantitative estimate of drug-likeness (QED) is 0.142. The molecular weight excluding hydrogens is 641 g/mol. The second-order valence-corrected chi connectivity index (χ2v) is 14.0. The Bertz CT molecular complexity index is 1900. The maximum absolute atomic E-state index is 14.4. The van der Waals surface area contributed by atoms with Gasteiger partial charge in [0, 0.05) is 38.8 Å². The Hall–Kier alpha value is -4.71. The number of nitrogens with one attached hydrogen (secondary N) is 1. The van der Waals surface area contributed by atoms with Gasteiger partial charge in [0.15, 0.2) is 11.5 Å². The number of benzene rings is 4. The third-order valence-corrected chi connectivity index (χ3v) is 11.0. The van der Waals surface area contributed by atoms with Gasteiger partial charge in [0.1, 0.15) is 0 Å². The van der Waals surface area contributed by atoms with Gasteiger partial charge in [-0.2, -0.15) is 0 Å². The lowest BCUT2D eigenvalue weighted by molar-refractivity contribution is 0.0572. The summed E-state index contributed by atoms with van der Waals surface area (Å²) >= 11 is 0. The van der Waals surface area contributed by atoms with Crippen molar-refractivity contribution in [2.45, 2.75) is 36.7 Å². The third-order valence-electron chi connectivity index (χ3n) is 9.51. The van der Waals surface area contributed by atoms with E-state index in [2.05, 4.69) is 45.7 Å². The summed E-state index contributed by atoms with van der Waals surface area (Å²) in [5, 5.41) is 0. The third kappa shape index (κ3) is 7.05. The summed E-state index contributed by atoms with van der Waals surface area (Å²) in [6.45, 7) is 5.41. The average molecular weight is 683 g/mol. The molecule has 1 fully saturated rings. The van der Waals surface area contributed by atoms with Gasteiger partial charge >= 0.3 is 0 Å². The van der Waals surface area contributed by atoms with Crippen LogP contribution in [-0.4, -0.2) is 77.0 Å². The maximum Gasteiger partial charge on any atom is 0.264 e. The van der Waals surface area contributed by atoms with E-state index in [0.717, 1.165) is 31.9 Å². The molecule has 0 aromatic heterocycles. The first-order chi connectivity index (χ1) is 23.7. The second-order valence-electron chi connectivity index (χ2n) is 12.3. The Balaban J connectivity index is 1.23. The number of methoxy groups -OCH3 is 2. The van der Waals surface area contributed by atoms with Crippen LogP contribution in [0.3, 0.4) is 0 Å². The van der Waals surface area contributed by atoms with Gasteiger partial charge in [0.2, 0.25) is 10.0 Å². The number of hydrogen-bond donors (Lipinski definition) is 1. The van der Waals surface area contributed by atoms with E-state index in [4.69, 9.17) is 9.47 Å². The number of nitrogens with zero attached hydrogens (tertiary/aromatic N) is 3. The Labute approximate surface area is 288 Å². The van der Waals surface area contributed by atoms with Crippen LogP contribution >= 0.6 is 0 Å². The second kappa shape index (κ2) is 14.8. The molecule has 6 rings (SSSR count). The topological polar surface area (TPSA) is 108 Å². The zero-order valence-corrected chi connectivity index (χ0v) is 28.9. The van der Waals surface area contributed by atoms with Crippen LogP contribution < -0.4 is 19.1 Å². The van der Waals surface area contributed by atoms with Crippen molar-refractivity contribution in [1.29, 1.82) is 0 Å². The Kier molecular flexibility index (Phi) is 10.3. The number of carbonyl (C=O) groups is 2. The van der Waals surface area contributed by atoms with Crippen LogP contribution in [0.4, 0.5) is 5.69 Å². The average Bonchev–Trinajstić information content (AvgIpc) is 3.40. The van der Waals surface area contributed by atoms with Gasteiger partial charge in [-0.05, 0) is 67.3 Å². The van der Waals surface area contributed by atoms with Crippen molar-refractivity contribution in [3.05, 3.63) is 119 Å². The molecule has 1 unspecified atom stereocenters. The van der Waals surface area contributed by atoms with E-state index in [-0.39, 0.29) is 29.3 Å². The van der Waals surface area contributed by atoms with Crippen LogP contribution in [0.2, 0.25) is 0 Å². The summed E-state index contributed by atoms with van der Waals surface area (Å²) in [4.78, 5) is 34.7. The van der Waals surface area contributed by atoms with Gasteiger partial charge in [0.05, 0.1) is 42.0 Å². The van der Waals surface area contributed by atoms with E-state index in [1.54, 1.807) is 43.5 Å². The number of piperazine rings is 1. The smallest absolute Gasteiger partial charge is 0.264 e. The highest BCUT2D eigenvalue weighted by molar-refractivity contribution is 7.89. The predicted molar refractivity (Wildman–Crippen MR) is 189 cm³/mol. The minimum atomic E-state index is -3.71. The number of sulfonamides is 1. The van der Waals surface area contributed by atoms with E-state index < -0.39 is 16.1 Å². The number of imide groups is 1. The Morgan fingerprint density at radius 2 is 1.43 bits per heavy atom. The lowest BCUT2D eigenvalue weighted by Crippen LogP contribution is -2.47. The van der Waals surface area contributed by atoms with Crippen molar-refractivity contribution in [2.75, 3.05) is 51.8 Å². The molecule has 2 heterocycles. The monoisotopic (exact) mass is 682 g/mol. The molecule has 0 saturated carbocycles. The van der Waals surface area contributed by atoms with Gasteiger partial charge in [-0.25, -0.2) is 13.1 Å². The molecule has 0 spiro atoms. The number of rotatable bonds is 13. The molecule has 4 aromatic carbocycles. The molecule has 2 aliphatic rings. The standard InChI is InChI=1S/C38H42N4O6S/c1-27(28-12-6-4-7-13-28)40-22-24-41(25-23-40)33-17-10-16-31-36(33)38(44)42(37(31)43)32(29-19-20-34(47-2)35(26-29)48-3)18-11-21-39-49(45,46)30-14-8-5-9-15-30/h4-10,12-17,19-20,26-27,32,39H,11,18,21-25H2,1-3H3/t27-,32?/m1/s1. The highest BCUT2D eigenvalue weighted by Gasteiger charge is 2.43. The minimum Gasteiger partial charge on any atom is -0.493 e.